The van der Waals surface area contributed by atoms with Crippen molar-refractivity contribution in [3.63, 3.8) is 0 Å². The van der Waals surface area contributed by atoms with E-state index in [0.29, 0.717) is 5.46 Å². The van der Waals surface area contributed by atoms with Crippen molar-refractivity contribution in [2.75, 3.05) is 6.61 Å². The van der Waals surface area contributed by atoms with Crippen molar-refractivity contribution in [3.05, 3.63) is 35.9 Å². The Hall–Kier alpha value is -1.52. The summed E-state index contributed by atoms with van der Waals surface area (Å²) in [7, 11) is -1.42. The van der Waals surface area contributed by atoms with E-state index in [1.165, 1.54) is 69.8 Å². The fourth-order valence-electron chi connectivity index (χ4n) is 7.32. The third kappa shape index (κ3) is 4.26. The van der Waals surface area contributed by atoms with Gasteiger partial charge in [0.1, 0.15) is 5.75 Å². The van der Waals surface area contributed by atoms with Crippen LogP contribution in [0.5, 0.6) is 5.75 Å². The van der Waals surface area contributed by atoms with Gasteiger partial charge >= 0.3 is 7.12 Å². The van der Waals surface area contributed by atoms with Crippen molar-refractivity contribution in [3.8, 4) is 5.75 Å². The number of fused-ring (bicyclic) bond motifs is 1. The van der Waals surface area contributed by atoms with Gasteiger partial charge in [0.05, 0.1) is 6.61 Å². The molecule has 0 saturated heterocycles. The topological polar surface area (TPSA) is 49.7 Å². The molecule has 0 aliphatic heterocycles. The van der Waals surface area contributed by atoms with Gasteiger partial charge in [-0.05, 0) is 96.5 Å². The van der Waals surface area contributed by atoms with Crippen molar-refractivity contribution in [1.29, 1.82) is 0 Å². The third-order valence-electron chi connectivity index (χ3n) is 8.38. The average Bonchev–Trinajstić information content (AvgIpc) is 2.74. The molecule has 4 heteroatoms. The highest BCUT2D eigenvalue weighted by Crippen LogP contribution is 2.62. The number of benzene rings is 2. The predicted molar refractivity (Wildman–Crippen MR) is 128 cm³/mol. The van der Waals surface area contributed by atoms with Gasteiger partial charge in [-0.1, -0.05) is 50.8 Å². The molecule has 31 heavy (non-hydrogen) atoms. The van der Waals surface area contributed by atoms with E-state index < -0.39 is 7.12 Å². The van der Waals surface area contributed by atoms with Crippen LogP contribution in [0.4, 0.5) is 0 Å². The van der Waals surface area contributed by atoms with Gasteiger partial charge < -0.3 is 14.8 Å². The summed E-state index contributed by atoms with van der Waals surface area (Å²) in [5, 5.41) is 21.6. The number of ether oxygens (including phenoxy) is 1. The van der Waals surface area contributed by atoms with E-state index in [-0.39, 0.29) is 5.41 Å². The lowest BCUT2D eigenvalue weighted by Gasteiger charge is -2.57. The lowest BCUT2D eigenvalue weighted by molar-refractivity contribution is -0.00633. The van der Waals surface area contributed by atoms with Crippen LogP contribution in [0.3, 0.4) is 0 Å². The van der Waals surface area contributed by atoms with Crippen molar-refractivity contribution in [1.82, 2.24) is 0 Å². The van der Waals surface area contributed by atoms with Crippen molar-refractivity contribution >= 4 is 23.4 Å². The van der Waals surface area contributed by atoms with E-state index in [1.807, 2.05) is 18.2 Å². The molecule has 4 aliphatic rings. The molecule has 2 N–H and O–H groups in total. The quantitative estimate of drug-likeness (QED) is 0.426. The van der Waals surface area contributed by atoms with Gasteiger partial charge in [0.25, 0.3) is 0 Å². The maximum Gasteiger partial charge on any atom is 0.488 e. The molecule has 4 aliphatic carbocycles. The minimum absolute atomic E-state index is 0.258. The summed E-state index contributed by atoms with van der Waals surface area (Å²) in [5.41, 5.74) is 2.22. The Kier molecular flexibility index (Phi) is 6.05. The van der Waals surface area contributed by atoms with Crippen LogP contribution in [0.15, 0.2) is 30.3 Å². The molecule has 0 atom stereocenters. The van der Waals surface area contributed by atoms with Gasteiger partial charge in [0, 0.05) is 5.56 Å². The summed E-state index contributed by atoms with van der Waals surface area (Å²) in [5.74, 6) is 3.74. The number of hydrogen-bond acceptors (Lipinski definition) is 3. The molecular weight excluding hydrogens is 383 g/mol. The molecule has 6 rings (SSSR count). The summed E-state index contributed by atoms with van der Waals surface area (Å²) in [6.07, 6.45) is 14.5. The first-order valence-electron chi connectivity index (χ1n) is 12.6. The van der Waals surface area contributed by atoms with Crippen molar-refractivity contribution in [2.45, 2.75) is 83.0 Å². The van der Waals surface area contributed by atoms with Crippen LogP contribution in [0, 0.1) is 17.8 Å². The average molecular weight is 420 g/mol. The molecule has 166 valence electrons. The molecule has 2 aromatic rings. The normalized spacial score (nSPS) is 28.9. The maximum atomic E-state index is 9.67. The van der Waals surface area contributed by atoms with E-state index in [1.54, 1.807) is 0 Å². The van der Waals surface area contributed by atoms with Crippen LogP contribution in [0.2, 0.25) is 0 Å². The standard InChI is InChI=1S/C27H37BO3/c1-2-3-4-5-6-9-31-26-15-22-7-8-24(28(29)30)13-23(22)14-25(26)27-16-19-10-20(17-27)12-21(11-19)18-27/h7-8,13-15,19-21,29-30H,2-6,9-12,16-18H2,1H3. The highest BCUT2D eigenvalue weighted by molar-refractivity contribution is 6.58. The SMILES string of the molecule is CCCCCCCOc1cc2ccc(B(O)O)cc2cc1C12CC3CC(CC(C3)C1)C2. The lowest BCUT2D eigenvalue weighted by Crippen LogP contribution is -2.48. The Morgan fingerprint density at radius 2 is 1.55 bits per heavy atom. The molecule has 4 fully saturated rings. The molecule has 0 heterocycles. The van der Waals surface area contributed by atoms with Gasteiger partial charge in [0.15, 0.2) is 0 Å². The van der Waals surface area contributed by atoms with Crippen LogP contribution in [-0.4, -0.2) is 23.8 Å². The fraction of sp³-hybridized carbons (Fsp3) is 0.630. The van der Waals surface area contributed by atoms with Crippen LogP contribution in [0.25, 0.3) is 10.8 Å². The Morgan fingerprint density at radius 3 is 2.19 bits per heavy atom. The first-order chi connectivity index (χ1) is 15.1. The van der Waals surface area contributed by atoms with Gasteiger partial charge in [-0.3, -0.25) is 0 Å². The third-order valence-corrected chi connectivity index (χ3v) is 8.38. The van der Waals surface area contributed by atoms with Gasteiger partial charge in [-0.25, -0.2) is 0 Å². The molecule has 0 spiro atoms. The van der Waals surface area contributed by atoms with E-state index in [0.717, 1.165) is 47.3 Å². The first-order valence-corrected chi connectivity index (χ1v) is 12.6. The molecule has 0 amide bonds. The lowest BCUT2D eigenvalue weighted by atomic mass is 9.48. The van der Waals surface area contributed by atoms with E-state index in [9.17, 15) is 10.0 Å². The van der Waals surface area contributed by atoms with Crippen molar-refractivity contribution < 1.29 is 14.8 Å². The second-order valence-electron chi connectivity index (χ2n) is 10.8. The van der Waals surface area contributed by atoms with Crippen molar-refractivity contribution in [2.24, 2.45) is 17.8 Å². The molecule has 2 aromatic carbocycles. The zero-order valence-electron chi connectivity index (χ0n) is 19.0. The van der Waals surface area contributed by atoms with E-state index >= 15 is 0 Å². The van der Waals surface area contributed by atoms with Crippen LogP contribution in [0.1, 0.15) is 83.1 Å². The minimum Gasteiger partial charge on any atom is -0.493 e. The van der Waals surface area contributed by atoms with Gasteiger partial charge in [-0.15, -0.1) is 0 Å². The largest absolute Gasteiger partial charge is 0.493 e. The Bertz CT molecular complexity index is 887. The summed E-state index contributed by atoms with van der Waals surface area (Å²) in [6, 6.07) is 10.3. The first kappa shape index (κ1) is 21.3. The van der Waals surface area contributed by atoms with Gasteiger partial charge in [-0.2, -0.15) is 0 Å². The summed E-state index contributed by atoms with van der Waals surface area (Å²) >= 11 is 0. The smallest absolute Gasteiger partial charge is 0.488 e. The van der Waals surface area contributed by atoms with E-state index in [4.69, 9.17) is 4.74 Å². The molecule has 4 saturated carbocycles. The summed E-state index contributed by atoms with van der Waals surface area (Å²) < 4.78 is 6.49. The predicted octanol–water partition coefficient (Wildman–Crippen LogP) is 5.34. The summed E-state index contributed by atoms with van der Waals surface area (Å²) in [6.45, 7) is 3.05. The molecule has 0 aromatic heterocycles. The fourth-order valence-corrected chi connectivity index (χ4v) is 7.32. The number of hydrogen-bond donors (Lipinski definition) is 2. The van der Waals surface area contributed by atoms with Crippen LogP contribution in [-0.2, 0) is 5.41 Å². The zero-order chi connectivity index (χ0) is 21.4. The highest BCUT2D eigenvalue weighted by atomic mass is 16.5. The zero-order valence-corrected chi connectivity index (χ0v) is 19.0. The Balaban J connectivity index is 1.47. The molecule has 4 bridgehead atoms. The second-order valence-corrected chi connectivity index (χ2v) is 10.8. The molecule has 3 nitrogen and oxygen atoms in total. The molecule has 0 radical (unpaired) electrons. The monoisotopic (exact) mass is 420 g/mol. The van der Waals surface area contributed by atoms with Crippen LogP contribution < -0.4 is 10.2 Å². The minimum atomic E-state index is -1.42. The highest BCUT2D eigenvalue weighted by Gasteiger charge is 2.52. The van der Waals surface area contributed by atoms with E-state index in [2.05, 4.69) is 19.1 Å². The number of unbranched alkanes of at least 4 members (excludes halogenated alkanes) is 4. The molecule has 0 unspecified atom stereocenters. The Morgan fingerprint density at radius 1 is 0.871 bits per heavy atom. The van der Waals surface area contributed by atoms with Gasteiger partial charge in [0.2, 0.25) is 0 Å². The van der Waals surface area contributed by atoms with Crippen LogP contribution >= 0.6 is 0 Å². The summed E-state index contributed by atoms with van der Waals surface area (Å²) in [4.78, 5) is 0. The molecular formula is C27H37BO3. The number of rotatable bonds is 9. The second kappa shape index (κ2) is 8.79. The Labute approximate surface area is 187 Å². The maximum absolute atomic E-state index is 9.67.